The van der Waals surface area contributed by atoms with E-state index >= 15 is 0 Å². The van der Waals surface area contributed by atoms with Gasteiger partial charge >= 0.3 is 0 Å². The van der Waals surface area contributed by atoms with E-state index in [9.17, 15) is 4.79 Å². The highest BCUT2D eigenvalue weighted by Gasteiger charge is 2.40. The van der Waals surface area contributed by atoms with Gasteiger partial charge in [-0.25, -0.2) is 0 Å². The van der Waals surface area contributed by atoms with Crippen LogP contribution in [-0.2, 0) is 11.8 Å². The number of nitrogens with one attached hydrogen (secondary N) is 1. The summed E-state index contributed by atoms with van der Waals surface area (Å²) in [7, 11) is 0. The summed E-state index contributed by atoms with van der Waals surface area (Å²) in [6.07, 6.45) is 6.63. The van der Waals surface area contributed by atoms with Crippen molar-refractivity contribution in [2.75, 3.05) is 19.6 Å². The number of likely N-dealkylation sites (tertiary alicyclic amines) is 1. The minimum absolute atomic E-state index is 0.0426. The molecule has 0 unspecified atom stereocenters. The van der Waals surface area contributed by atoms with E-state index in [1.54, 1.807) is 17.3 Å². The molecule has 2 aliphatic rings. The topological polar surface area (TPSA) is 45.2 Å². The Kier molecular flexibility index (Phi) is 5.03. The lowest BCUT2D eigenvalue weighted by Gasteiger charge is -2.41. The predicted octanol–water partition coefficient (Wildman–Crippen LogP) is 4.33. The lowest BCUT2D eigenvalue weighted by Crippen LogP contribution is -2.47. The Bertz CT molecular complexity index is 1070. The third-order valence-corrected chi connectivity index (χ3v) is 7.04. The number of nitrogens with zero attached hydrogens (tertiary/aromatic N) is 2. The van der Waals surface area contributed by atoms with Crippen molar-refractivity contribution in [2.45, 2.75) is 44.1 Å². The number of fused-ring (bicyclic) bond motifs is 3. The minimum Gasteiger partial charge on any atom is -0.348 e. The Labute approximate surface area is 178 Å². The first-order chi connectivity index (χ1) is 14.6. The summed E-state index contributed by atoms with van der Waals surface area (Å²) in [5.41, 5.74) is 5.07. The van der Waals surface area contributed by atoms with Crippen LogP contribution in [0.5, 0.6) is 0 Å². The van der Waals surface area contributed by atoms with Crippen LogP contribution in [0.25, 0.3) is 10.9 Å². The van der Waals surface area contributed by atoms with Crippen LogP contribution in [0.15, 0.2) is 60.8 Å². The number of aromatic nitrogens is 1. The highest BCUT2D eigenvalue weighted by molar-refractivity contribution is 5.97. The van der Waals surface area contributed by atoms with Crippen molar-refractivity contribution in [3.05, 3.63) is 77.5 Å². The third-order valence-electron chi connectivity index (χ3n) is 7.04. The maximum atomic E-state index is 12.7. The Morgan fingerprint density at radius 2 is 1.87 bits per heavy atom. The van der Waals surface area contributed by atoms with Crippen molar-refractivity contribution in [2.24, 2.45) is 0 Å². The lowest BCUT2D eigenvalue weighted by atomic mass is 9.74. The fourth-order valence-electron chi connectivity index (χ4n) is 5.38. The zero-order valence-electron chi connectivity index (χ0n) is 17.6. The molecule has 154 valence electrons. The normalized spacial score (nSPS) is 19.0. The van der Waals surface area contributed by atoms with E-state index in [1.807, 2.05) is 30.3 Å². The van der Waals surface area contributed by atoms with Gasteiger partial charge in [-0.2, -0.15) is 0 Å². The van der Waals surface area contributed by atoms with Gasteiger partial charge in [0.15, 0.2) is 0 Å². The van der Waals surface area contributed by atoms with Crippen LogP contribution < -0.4 is 5.32 Å². The number of piperidine rings is 1. The number of rotatable bonds is 4. The molecular formula is C26H29N3O. The van der Waals surface area contributed by atoms with Crippen molar-refractivity contribution in [3.8, 4) is 0 Å². The zero-order valence-corrected chi connectivity index (χ0v) is 17.6. The summed E-state index contributed by atoms with van der Waals surface area (Å²) in [4.78, 5) is 19.6. The monoisotopic (exact) mass is 399 g/mol. The summed E-state index contributed by atoms with van der Waals surface area (Å²) in [6.45, 7) is 5.20. The van der Waals surface area contributed by atoms with Gasteiger partial charge in [-0.1, -0.05) is 42.5 Å². The van der Waals surface area contributed by atoms with E-state index in [2.05, 4.69) is 46.4 Å². The first-order valence-corrected chi connectivity index (χ1v) is 11.1. The van der Waals surface area contributed by atoms with Gasteiger partial charge in [0.1, 0.15) is 0 Å². The summed E-state index contributed by atoms with van der Waals surface area (Å²) < 4.78 is 0. The molecule has 0 radical (unpaired) electrons. The molecule has 1 aliphatic heterocycles. The molecular weight excluding hydrogens is 370 g/mol. The molecule has 5 rings (SSSR count). The first kappa shape index (κ1) is 19.3. The highest BCUT2D eigenvalue weighted by atomic mass is 16.1. The second-order valence-electron chi connectivity index (χ2n) is 9.03. The average Bonchev–Trinajstić information content (AvgIpc) is 3.13. The summed E-state index contributed by atoms with van der Waals surface area (Å²) in [5, 5.41) is 4.16. The summed E-state index contributed by atoms with van der Waals surface area (Å²) in [6, 6.07) is 18.9. The summed E-state index contributed by atoms with van der Waals surface area (Å²) >= 11 is 0. The van der Waals surface area contributed by atoms with Crippen LogP contribution in [-0.4, -0.2) is 41.5 Å². The molecule has 0 saturated carbocycles. The molecule has 1 saturated heterocycles. The van der Waals surface area contributed by atoms with E-state index in [1.165, 1.54) is 25.7 Å². The largest absolute Gasteiger partial charge is 0.348 e. The van der Waals surface area contributed by atoms with Crippen molar-refractivity contribution in [1.82, 2.24) is 15.2 Å². The number of para-hydroxylation sites is 1. The van der Waals surface area contributed by atoms with E-state index < -0.39 is 0 Å². The number of hydrogen-bond donors (Lipinski definition) is 1. The highest BCUT2D eigenvalue weighted by Crippen LogP contribution is 2.46. The van der Waals surface area contributed by atoms with Gasteiger partial charge in [0, 0.05) is 24.2 Å². The number of carbonyl (C=O) groups excluding carboxylic acids is 1. The van der Waals surface area contributed by atoms with Crippen molar-refractivity contribution < 1.29 is 4.79 Å². The Balaban J connectivity index is 1.17. The number of aryl methyl sites for hydroxylation is 1. The number of benzene rings is 2. The lowest BCUT2D eigenvalue weighted by molar-refractivity contribution is 0.0914. The molecule has 30 heavy (non-hydrogen) atoms. The number of pyridine rings is 1. The molecule has 2 aromatic carbocycles. The molecule has 1 fully saturated rings. The minimum atomic E-state index is -0.0426. The summed E-state index contributed by atoms with van der Waals surface area (Å²) in [5.74, 6) is -0.0426. The van der Waals surface area contributed by atoms with Crippen LogP contribution in [0, 0.1) is 0 Å². The second-order valence-corrected chi connectivity index (χ2v) is 9.03. The fourth-order valence-corrected chi connectivity index (χ4v) is 5.38. The van der Waals surface area contributed by atoms with Gasteiger partial charge in [0.2, 0.25) is 0 Å². The molecule has 1 aliphatic carbocycles. The van der Waals surface area contributed by atoms with E-state index in [-0.39, 0.29) is 11.9 Å². The number of hydrogen-bond acceptors (Lipinski definition) is 3. The van der Waals surface area contributed by atoms with Gasteiger partial charge in [0.05, 0.1) is 11.1 Å². The van der Waals surface area contributed by atoms with Gasteiger partial charge < -0.3 is 10.2 Å². The predicted molar refractivity (Wildman–Crippen MR) is 121 cm³/mol. The first-order valence-electron chi connectivity index (χ1n) is 11.1. The van der Waals surface area contributed by atoms with Gasteiger partial charge in [-0.15, -0.1) is 0 Å². The van der Waals surface area contributed by atoms with Crippen LogP contribution in [0.2, 0.25) is 0 Å². The van der Waals surface area contributed by atoms with E-state index in [4.69, 9.17) is 0 Å². The number of carbonyl (C=O) groups is 1. The van der Waals surface area contributed by atoms with Gasteiger partial charge in [-0.3, -0.25) is 9.78 Å². The SMILES string of the molecule is C[C@@H](CN1CCC2(CCc3ccccc32)CC1)NC(=O)c1cnc2ccccc2c1. The fraction of sp³-hybridized carbons (Fsp3) is 0.385. The Morgan fingerprint density at radius 1 is 1.10 bits per heavy atom. The van der Waals surface area contributed by atoms with Crippen LogP contribution in [0.4, 0.5) is 0 Å². The van der Waals surface area contributed by atoms with Gasteiger partial charge in [0.25, 0.3) is 5.91 Å². The van der Waals surface area contributed by atoms with Crippen molar-refractivity contribution in [1.29, 1.82) is 0 Å². The van der Waals surface area contributed by atoms with Crippen LogP contribution >= 0.6 is 0 Å². The van der Waals surface area contributed by atoms with Crippen molar-refractivity contribution in [3.63, 3.8) is 0 Å². The molecule has 4 heteroatoms. The smallest absolute Gasteiger partial charge is 0.253 e. The quantitative estimate of drug-likeness (QED) is 0.710. The van der Waals surface area contributed by atoms with Crippen LogP contribution in [0.3, 0.4) is 0 Å². The molecule has 1 N–H and O–H groups in total. The Morgan fingerprint density at radius 3 is 2.73 bits per heavy atom. The molecule has 1 amide bonds. The number of amides is 1. The standard InChI is InChI=1S/C26H29N3O/c1-19(28-25(30)22-16-21-7-3-5-9-24(21)27-17-22)18-29-14-12-26(13-15-29)11-10-20-6-2-4-8-23(20)26/h2-9,16-17,19H,10-15,18H2,1H3,(H,28,30)/t19-/m0/s1. The molecule has 1 aromatic heterocycles. The molecule has 0 bridgehead atoms. The molecule has 4 nitrogen and oxygen atoms in total. The van der Waals surface area contributed by atoms with Crippen LogP contribution in [0.1, 0.15) is 47.7 Å². The van der Waals surface area contributed by atoms with Crippen molar-refractivity contribution >= 4 is 16.8 Å². The Hall–Kier alpha value is -2.72. The zero-order chi connectivity index (χ0) is 20.6. The molecule has 1 spiro atoms. The molecule has 2 heterocycles. The maximum Gasteiger partial charge on any atom is 0.253 e. The molecule has 3 aromatic rings. The average molecular weight is 400 g/mol. The third kappa shape index (κ3) is 3.61. The van der Waals surface area contributed by atoms with E-state index in [0.29, 0.717) is 11.0 Å². The second kappa shape index (κ2) is 7.84. The molecule has 1 atom stereocenters. The van der Waals surface area contributed by atoms with Gasteiger partial charge in [-0.05, 0) is 74.4 Å². The van der Waals surface area contributed by atoms with E-state index in [0.717, 1.165) is 30.5 Å². The maximum absolute atomic E-state index is 12.7.